The summed E-state index contributed by atoms with van der Waals surface area (Å²) in [6.07, 6.45) is 0. The summed E-state index contributed by atoms with van der Waals surface area (Å²) in [6.45, 7) is 3.89. The van der Waals surface area contributed by atoms with E-state index in [-0.39, 0.29) is 17.6 Å². The molecule has 0 bridgehead atoms. The van der Waals surface area contributed by atoms with Gasteiger partial charge >= 0.3 is 0 Å². The topological polar surface area (TPSA) is 85.6 Å². The summed E-state index contributed by atoms with van der Waals surface area (Å²) in [5, 5.41) is 12.5. The quantitative estimate of drug-likeness (QED) is 0.171. The molecule has 0 saturated carbocycles. The molecule has 38 heavy (non-hydrogen) atoms. The van der Waals surface area contributed by atoms with Gasteiger partial charge in [0.25, 0.3) is 5.91 Å². The number of carbonyl (C=O) groups is 1. The Bertz CT molecular complexity index is 1480. The van der Waals surface area contributed by atoms with Crippen molar-refractivity contribution in [1.29, 1.82) is 0 Å². The Kier molecular flexibility index (Phi) is 7.95. The minimum Gasteiger partial charge on any atom is -0.340 e. The van der Waals surface area contributed by atoms with Crippen LogP contribution in [0.15, 0.2) is 101 Å². The molecule has 0 aliphatic carbocycles. The van der Waals surface area contributed by atoms with E-state index in [2.05, 4.69) is 41.5 Å². The number of rotatable bonds is 8. The number of aromatic nitrogens is 5. The molecule has 0 saturated heterocycles. The summed E-state index contributed by atoms with van der Waals surface area (Å²) in [5.41, 5.74) is 5.48. The second-order valence-electron chi connectivity index (χ2n) is 8.72. The van der Waals surface area contributed by atoms with Gasteiger partial charge in [0.05, 0.1) is 17.4 Å². The number of carbonyl (C=O) groups excluding carboxylic acids is 1. The second kappa shape index (κ2) is 11.7. The predicted octanol–water partition coefficient (Wildman–Crippen LogP) is 6.25. The van der Waals surface area contributed by atoms with Crippen molar-refractivity contribution in [3.8, 4) is 5.69 Å². The highest BCUT2D eigenvalue weighted by atomic mass is 79.9. The van der Waals surface area contributed by atoms with Crippen LogP contribution in [0.5, 0.6) is 0 Å². The lowest BCUT2D eigenvalue weighted by Gasteiger charge is -2.19. The van der Waals surface area contributed by atoms with Crippen molar-refractivity contribution in [2.24, 2.45) is 0 Å². The minimum atomic E-state index is -0.342. The third kappa shape index (κ3) is 6.00. The fraction of sp³-hybridized carbons (Fsp3) is 0.138. The number of hydrogen-bond acceptors (Lipinski definition) is 6. The van der Waals surface area contributed by atoms with Crippen LogP contribution < -0.4 is 5.32 Å². The maximum Gasteiger partial charge on any atom is 0.274 e. The molecule has 0 atom stereocenters. The Morgan fingerprint density at radius 1 is 0.895 bits per heavy atom. The van der Waals surface area contributed by atoms with Crippen LogP contribution >= 0.6 is 27.7 Å². The number of nitrogens with one attached hydrogen (secondary N) is 1. The van der Waals surface area contributed by atoms with Crippen LogP contribution in [0.4, 0.5) is 0 Å². The molecular formula is C29H25BrN6OS. The normalized spacial score (nSPS) is 11.1. The third-order valence-electron chi connectivity index (χ3n) is 5.89. The molecule has 9 heteroatoms. The first-order chi connectivity index (χ1) is 18.5. The van der Waals surface area contributed by atoms with Crippen molar-refractivity contribution in [3.63, 3.8) is 0 Å². The van der Waals surface area contributed by atoms with Crippen LogP contribution in [-0.4, -0.2) is 30.9 Å². The van der Waals surface area contributed by atoms with Gasteiger partial charge in [-0.3, -0.25) is 4.79 Å². The predicted molar refractivity (Wildman–Crippen MR) is 152 cm³/mol. The zero-order chi connectivity index (χ0) is 26.5. The van der Waals surface area contributed by atoms with Gasteiger partial charge in [-0.1, -0.05) is 93.6 Å². The molecule has 0 aliphatic heterocycles. The zero-order valence-corrected chi connectivity index (χ0v) is 23.3. The van der Waals surface area contributed by atoms with Gasteiger partial charge in [-0.15, -0.1) is 5.10 Å². The zero-order valence-electron chi connectivity index (χ0n) is 20.9. The molecular weight excluding hydrogens is 560 g/mol. The van der Waals surface area contributed by atoms with Gasteiger partial charge in [0, 0.05) is 21.6 Å². The van der Waals surface area contributed by atoms with Crippen LogP contribution in [-0.2, 0) is 5.75 Å². The van der Waals surface area contributed by atoms with E-state index in [1.807, 2.05) is 105 Å². The molecule has 2 aromatic heterocycles. The monoisotopic (exact) mass is 584 g/mol. The molecule has 5 rings (SSSR count). The SMILES string of the molecule is Cc1cc(C)nc(SCc2c(C(=O)NC(c3ccccc3)c3ccccc3)nnn2-c2ccc(Br)cc2)n1. The van der Waals surface area contributed by atoms with E-state index in [1.165, 1.54) is 11.8 Å². The lowest BCUT2D eigenvalue weighted by molar-refractivity contribution is 0.0937. The van der Waals surface area contributed by atoms with Crippen molar-refractivity contribution in [3.05, 3.63) is 129 Å². The summed E-state index contributed by atoms with van der Waals surface area (Å²) in [5.74, 6) is 0.110. The summed E-state index contributed by atoms with van der Waals surface area (Å²) >= 11 is 4.93. The Labute approximate surface area is 233 Å². The number of amides is 1. The number of thioether (sulfide) groups is 1. The molecule has 3 aromatic carbocycles. The van der Waals surface area contributed by atoms with Crippen molar-refractivity contribution >= 4 is 33.6 Å². The van der Waals surface area contributed by atoms with E-state index < -0.39 is 0 Å². The van der Waals surface area contributed by atoms with Crippen molar-refractivity contribution in [2.75, 3.05) is 0 Å². The number of nitrogens with zero attached hydrogens (tertiary/aromatic N) is 5. The summed E-state index contributed by atoms with van der Waals surface area (Å²) < 4.78 is 2.66. The van der Waals surface area contributed by atoms with Gasteiger partial charge in [-0.2, -0.15) is 0 Å². The third-order valence-corrected chi connectivity index (χ3v) is 7.28. The minimum absolute atomic E-state index is 0.265. The molecule has 7 nitrogen and oxygen atoms in total. The molecule has 1 N–H and O–H groups in total. The highest BCUT2D eigenvalue weighted by Gasteiger charge is 2.25. The second-order valence-corrected chi connectivity index (χ2v) is 10.6. The molecule has 0 spiro atoms. The summed E-state index contributed by atoms with van der Waals surface area (Å²) in [7, 11) is 0. The van der Waals surface area contributed by atoms with Crippen LogP contribution in [0.1, 0.15) is 44.7 Å². The fourth-order valence-corrected chi connectivity index (χ4v) is 5.34. The highest BCUT2D eigenvalue weighted by molar-refractivity contribution is 9.10. The molecule has 0 fully saturated rings. The lowest BCUT2D eigenvalue weighted by Crippen LogP contribution is -2.30. The van der Waals surface area contributed by atoms with Gasteiger partial charge in [0.15, 0.2) is 10.9 Å². The van der Waals surface area contributed by atoms with Crippen LogP contribution in [0.25, 0.3) is 5.69 Å². The molecule has 0 radical (unpaired) electrons. The van der Waals surface area contributed by atoms with Crippen LogP contribution in [0.2, 0.25) is 0 Å². The maximum absolute atomic E-state index is 13.8. The van der Waals surface area contributed by atoms with E-state index in [4.69, 9.17) is 0 Å². The van der Waals surface area contributed by atoms with E-state index in [9.17, 15) is 4.79 Å². The van der Waals surface area contributed by atoms with E-state index >= 15 is 0 Å². The van der Waals surface area contributed by atoms with Crippen LogP contribution in [0.3, 0.4) is 0 Å². The first-order valence-corrected chi connectivity index (χ1v) is 13.8. The Hall–Kier alpha value is -3.82. The number of hydrogen-bond donors (Lipinski definition) is 1. The molecule has 5 aromatic rings. The smallest absolute Gasteiger partial charge is 0.274 e. The van der Waals surface area contributed by atoms with E-state index in [0.29, 0.717) is 16.6 Å². The van der Waals surface area contributed by atoms with E-state index in [1.54, 1.807) is 4.68 Å². The van der Waals surface area contributed by atoms with Crippen LogP contribution in [0, 0.1) is 13.8 Å². The molecule has 1 amide bonds. The number of aryl methyl sites for hydroxylation is 2. The van der Waals surface area contributed by atoms with E-state index in [0.717, 1.165) is 32.7 Å². The average Bonchev–Trinajstić information content (AvgIpc) is 3.35. The Morgan fingerprint density at radius 3 is 2.05 bits per heavy atom. The van der Waals surface area contributed by atoms with Gasteiger partial charge in [-0.05, 0) is 55.3 Å². The number of benzene rings is 3. The highest BCUT2D eigenvalue weighted by Crippen LogP contribution is 2.26. The number of halogens is 1. The van der Waals surface area contributed by atoms with Gasteiger partial charge in [-0.25, -0.2) is 14.6 Å². The summed E-state index contributed by atoms with van der Waals surface area (Å²) in [4.78, 5) is 22.9. The largest absolute Gasteiger partial charge is 0.340 e. The Balaban J connectivity index is 1.50. The summed E-state index contributed by atoms with van der Waals surface area (Å²) in [6, 6.07) is 29.1. The Morgan fingerprint density at radius 2 is 1.47 bits per heavy atom. The van der Waals surface area contributed by atoms with Crippen molar-refractivity contribution in [1.82, 2.24) is 30.3 Å². The van der Waals surface area contributed by atoms with Gasteiger partial charge in [0.2, 0.25) is 0 Å². The standard InChI is InChI=1S/C29H25BrN6OS/c1-19-17-20(2)32-29(31-19)38-18-25-27(34-35-36(25)24-15-13-23(30)14-16-24)28(37)33-26(21-9-5-3-6-10-21)22-11-7-4-8-12-22/h3-17,26H,18H2,1-2H3,(H,33,37). The fourth-order valence-electron chi connectivity index (χ4n) is 4.14. The van der Waals surface area contributed by atoms with Gasteiger partial charge in [0.1, 0.15) is 0 Å². The molecule has 0 aliphatic rings. The average molecular weight is 586 g/mol. The lowest BCUT2D eigenvalue weighted by atomic mass is 9.98. The van der Waals surface area contributed by atoms with Crippen molar-refractivity contribution < 1.29 is 4.79 Å². The molecule has 2 heterocycles. The first-order valence-electron chi connectivity index (χ1n) is 12.0. The molecule has 190 valence electrons. The maximum atomic E-state index is 13.8. The molecule has 0 unspecified atom stereocenters. The van der Waals surface area contributed by atoms with Crippen molar-refractivity contribution in [2.45, 2.75) is 30.8 Å². The van der Waals surface area contributed by atoms with Gasteiger partial charge < -0.3 is 5.32 Å². The first kappa shape index (κ1) is 25.8.